The standard InChI is InChI=1S/C26H34F3N5O5/c1-24(2,3)20(17-5-7-18(8-6-17)26(27,28)29)13-33(23(35)36)19-9-11-31(12-10-19)15-25(4)16-32-14-21(34(37)38)30-22(32)39-25/h5-8,14,19-20H,9-13,15-16H2,1-4H3,(H,35,36)/t20-,25?/m1/s1. The van der Waals surface area contributed by atoms with E-state index in [1.807, 2.05) is 27.7 Å². The molecule has 0 aliphatic carbocycles. The number of carbonyl (C=O) groups is 1. The third-order valence-electron chi connectivity index (χ3n) is 7.62. The number of nitrogens with zero attached hydrogens (tertiary/aromatic N) is 5. The number of carboxylic acid groups (broad SMARTS) is 1. The summed E-state index contributed by atoms with van der Waals surface area (Å²) in [6.45, 7) is 10.2. The second-order valence-electron chi connectivity index (χ2n) is 11.8. The third-order valence-corrected chi connectivity index (χ3v) is 7.62. The largest absolute Gasteiger partial charge is 0.465 e. The highest BCUT2D eigenvalue weighted by Crippen LogP contribution is 2.39. The summed E-state index contributed by atoms with van der Waals surface area (Å²) in [6.07, 6.45) is -2.92. The number of hydrogen-bond donors (Lipinski definition) is 1. The Morgan fingerprint density at radius 1 is 1.26 bits per heavy atom. The van der Waals surface area contributed by atoms with Crippen LogP contribution in [0.5, 0.6) is 6.01 Å². The molecule has 1 aromatic heterocycles. The first-order valence-electron chi connectivity index (χ1n) is 12.9. The molecule has 4 rings (SSSR count). The minimum atomic E-state index is -4.43. The van der Waals surface area contributed by atoms with Crippen LogP contribution in [-0.4, -0.2) is 73.3 Å². The molecular formula is C26H34F3N5O5. The maximum atomic E-state index is 13.1. The van der Waals surface area contributed by atoms with Gasteiger partial charge in [-0.25, -0.2) is 4.79 Å². The molecule has 2 aromatic rings. The van der Waals surface area contributed by atoms with E-state index in [1.165, 1.54) is 23.2 Å². The first-order valence-corrected chi connectivity index (χ1v) is 12.9. The van der Waals surface area contributed by atoms with Gasteiger partial charge < -0.3 is 24.9 Å². The molecule has 0 saturated carbocycles. The summed E-state index contributed by atoms with van der Waals surface area (Å²) in [5.74, 6) is -0.558. The summed E-state index contributed by atoms with van der Waals surface area (Å²) in [7, 11) is 0. The molecule has 13 heteroatoms. The number of nitro groups is 1. The van der Waals surface area contributed by atoms with Crippen LogP contribution in [0.2, 0.25) is 0 Å². The number of fused-ring (bicyclic) bond motifs is 1. The van der Waals surface area contributed by atoms with Gasteiger partial charge in [0.2, 0.25) is 0 Å². The maximum absolute atomic E-state index is 13.1. The van der Waals surface area contributed by atoms with Gasteiger partial charge in [0.1, 0.15) is 11.8 Å². The van der Waals surface area contributed by atoms with Gasteiger partial charge >= 0.3 is 24.1 Å². The molecule has 3 heterocycles. The molecule has 2 aliphatic rings. The fraction of sp³-hybridized carbons (Fsp3) is 0.615. The topological polar surface area (TPSA) is 114 Å². The first-order chi connectivity index (χ1) is 18.1. The fourth-order valence-electron chi connectivity index (χ4n) is 5.59. The van der Waals surface area contributed by atoms with Gasteiger partial charge in [-0.15, -0.1) is 0 Å². The molecule has 39 heavy (non-hydrogen) atoms. The van der Waals surface area contributed by atoms with Crippen molar-refractivity contribution in [2.24, 2.45) is 5.41 Å². The van der Waals surface area contributed by atoms with Crippen LogP contribution in [0.15, 0.2) is 30.5 Å². The van der Waals surface area contributed by atoms with E-state index < -0.39 is 28.4 Å². The van der Waals surface area contributed by atoms with Gasteiger partial charge in [-0.1, -0.05) is 32.9 Å². The van der Waals surface area contributed by atoms with Crippen LogP contribution in [0, 0.1) is 15.5 Å². The quantitative estimate of drug-likeness (QED) is 0.369. The number of rotatable bonds is 7. The molecule has 0 bridgehead atoms. The van der Waals surface area contributed by atoms with Crippen molar-refractivity contribution < 1.29 is 32.7 Å². The van der Waals surface area contributed by atoms with E-state index in [2.05, 4.69) is 9.88 Å². The van der Waals surface area contributed by atoms with Crippen LogP contribution >= 0.6 is 0 Å². The highest BCUT2D eigenvalue weighted by Gasteiger charge is 2.43. The van der Waals surface area contributed by atoms with Gasteiger partial charge in [0.25, 0.3) is 0 Å². The van der Waals surface area contributed by atoms with Gasteiger partial charge in [0.05, 0.1) is 12.1 Å². The minimum Gasteiger partial charge on any atom is -0.465 e. The molecule has 2 aliphatic heterocycles. The van der Waals surface area contributed by atoms with E-state index in [0.717, 1.165) is 12.1 Å². The van der Waals surface area contributed by atoms with Crippen LogP contribution in [0.1, 0.15) is 57.6 Å². The molecule has 1 N–H and O–H groups in total. The normalized spacial score (nSPS) is 21.3. The molecule has 0 spiro atoms. The zero-order valence-corrected chi connectivity index (χ0v) is 22.4. The number of halogens is 3. The lowest BCUT2D eigenvalue weighted by Crippen LogP contribution is -2.52. The summed E-state index contributed by atoms with van der Waals surface area (Å²) < 4.78 is 46.8. The number of hydrogen-bond acceptors (Lipinski definition) is 6. The van der Waals surface area contributed by atoms with Crippen molar-refractivity contribution in [2.45, 2.75) is 70.8 Å². The van der Waals surface area contributed by atoms with Crippen molar-refractivity contribution in [1.82, 2.24) is 19.4 Å². The van der Waals surface area contributed by atoms with Crippen molar-refractivity contribution in [3.05, 3.63) is 51.7 Å². The number of amides is 1. The van der Waals surface area contributed by atoms with Gasteiger partial charge in [0, 0.05) is 43.1 Å². The zero-order valence-electron chi connectivity index (χ0n) is 22.4. The van der Waals surface area contributed by atoms with Gasteiger partial charge in [0.15, 0.2) is 0 Å². The molecule has 1 aromatic carbocycles. The molecule has 2 atom stereocenters. The monoisotopic (exact) mass is 553 g/mol. The number of piperidine rings is 1. The molecule has 0 radical (unpaired) electrons. The predicted molar refractivity (Wildman–Crippen MR) is 136 cm³/mol. The Bertz CT molecular complexity index is 1180. The highest BCUT2D eigenvalue weighted by atomic mass is 19.4. The Hall–Kier alpha value is -3.35. The second-order valence-corrected chi connectivity index (χ2v) is 11.8. The van der Waals surface area contributed by atoms with E-state index in [1.54, 1.807) is 4.57 Å². The number of likely N-dealkylation sites (tertiary alicyclic amines) is 1. The molecule has 10 nitrogen and oxygen atoms in total. The Labute approximate surface area is 224 Å². The van der Waals surface area contributed by atoms with E-state index >= 15 is 0 Å². The Kier molecular flexibility index (Phi) is 7.58. The molecule has 1 saturated heterocycles. The smallest absolute Gasteiger partial charge is 0.416 e. The van der Waals surface area contributed by atoms with Crippen LogP contribution in [-0.2, 0) is 12.7 Å². The van der Waals surface area contributed by atoms with E-state index in [0.29, 0.717) is 44.6 Å². The number of alkyl halides is 3. The van der Waals surface area contributed by atoms with Crippen molar-refractivity contribution in [1.29, 1.82) is 0 Å². The summed E-state index contributed by atoms with van der Waals surface area (Å²) in [4.78, 5) is 30.3. The molecule has 1 unspecified atom stereocenters. The van der Waals surface area contributed by atoms with Crippen molar-refractivity contribution in [3.63, 3.8) is 0 Å². The number of imidazole rings is 1. The minimum absolute atomic E-state index is 0.176. The lowest BCUT2D eigenvalue weighted by molar-refractivity contribution is -0.389. The lowest BCUT2D eigenvalue weighted by Gasteiger charge is -2.42. The molecule has 214 valence electrons. The zero-order chi connectivity index (χ0) is 28.8. The van der Waals surface area contributed by atoms with Crippen LogP contribution in [0.4, 0.5) is 23.8 Å². The average Bonchev–Trinajstić information content (AvgIpc) is 3.34. The second kappa shape index (κ2) is 10.3. The number of ether oxygens (including phenoxy) is 1. The first kappa shape index (κ1) is 28.7. The third kappa shape index (κ3) is 6.45. The predicted octanol–water partition coefficient (Wildman–Crippen LogP) is 5.24. The molecular weight excluding hydrogens is 519 g/mol. The maximum Gasteiger partial charge on any atom is 0.416 e. The Balaban J connectivity index is 1.39. The van der Waals surface area contributed by atoms with Crippen LogP contribution < -0.4 is 4.74 Å². The van der Waals surface area contributed by atoms with E-state index in [9.17, 15) is 33.2 Å². The van der Waals surface area contributed by atoms with Gasteiger partial charge in [-0.3, -0.25) is 9.47 Å². The van der Waals surface area contributed by atoms with Crippen LogP contribution in [0.25, 0.3) is 0 Å². The number of benzene rings is 1. The highest BCUT2D eigenvalue weighted by molar-refractivity contribution is 5.65. The summed E-state index contributed by atoms with van der Waals surface area (Å²) in [5, 5.41) is 21.0. The SMILES string of the molecule is CC1(CN2CCC(N(C[C@H](c3ccc(C(F)(F)F)cc3)C(C)(C)C)C(=O)O)CC2)Cn2cc([N+](=O)[O-])nc2O1. The van der Waals surface area contributed by atoms with Crippen molar-refractivity contribution in [2.75, 3.05) is 26.2 Å². The van der Waals surface area contributed by atoms with Gasteiger partial charge in [-0.2, -0.15) is 13.2 Å². The molecule has 1 fully saturated rings. The lowest BCUT2D eigenvalue weighted by atomic mass is 9.75. The average molecular weight is 554 g/mol. The van der Waals surface area contributed by atoms with Crippen LogP contribution in [0.3, 0.4) is 0 Å². The van der Waals surface area contributed by atoms with E-state index in [-0.39, 0.29) is 35.7 Å². The summed E-state index contributed by atoms with van der Waals surface area (Å²) in [5.41, 5.74) is -1.06. The fourth-order valence-corrected chi connectivity index (χ4v) is 5.59. The van der Waals surface area contributed by atoms with E-state index in [4.69, 9.17) is 4.74 Å². The van der Waals surface area contributed by atoms with Crippen molar-refractivity contribution >= 4 is 11.9 Å². The van der Waals surface area contributed by atoms with Crippen molar-refractivity contribution in [3.8, 4) is 6.01 Å². The summed E-state index contributed by atoms with van der Waals surface area (Å²) in [6, 6.07) is 4.98. The Morgan fingerprint density at radius 2 is 1.87 bits per heavy atom. The number of aromatic nitrogens is 2. The molecule has 1 amide bonds. The van der Waals surface area contributed by atoms with Gasteiger partial charge in [-0.05, 0) is 47.8 Å². The summed E-state index contributed by atoms with van der Waals surface area (Å²) >= 11 is 0. The Morgan fingerprint density at radius 3 is 2.36 bits per heavy atom.